The van der Waals surface area contributed by atoms with Crippen LogP contribution in [0.1, 0.15) is 19.4 Å². The van der Waals surface area contributed by atoms with Gasteiger partial charge in [0.2, 0.25) is 11.8 Å². The first-order valence-corrected chi connectivity index (χ1v) is 9.32. The van der Waals surface area contributed by atoms with Crippen molar-refractivity contribution in [3.8, 4) is 0 Å². The molecule has 0 saturated carbocycles. The van der Waals surface area contributed by atoms with Crippen molar-refractivity contribution in [1.29, 1.82) is 0 Å². The van der Waals surface area contributed by atoms with Crippen LogP contribution in [0.4, 0.5) is 5.69 Å². The van der Waals surface area contributed by atoms with Gasteiger partial charge in [-0.3, -0.25) is 14.4 Å². The molecule has 2 aromatic rings. The van der Waals surface area contributed by atoms with Gasteiger partial charge in [0.1, 0.15) is 6.54 Å². The van der Waals surface area contributed by atoms with Gasteiger partial charge in [0.15, 0.2) is 0 Å². The second kappa shape index (κ2) is 9.78. The molecule has 2 N–H and O–H groups in total. The van der Waals surface area contributed by atoms with Crippen molar-refractivity contribution in [2.24, 2.45) is 0 Å². The van der Waals surface area contributed by atoms with E-state index in [1.165, 1.54) is 23.6 Å². The Hall–Kier alpha value is -2.80. The molecule has 2 aromatic carbocycles. The molecular formula is C20H22N2O4S. The Morgan fingerprint density at radius 3 is 2.26 bits per heavy atom. The van der Waals surface area contributed by atoms with Crippen LogP contribution in [-0.4, -0.2) is 39.6 Å². The molecule has 0 aliphatic rings. The predicted molar refractivity (Wildman–Crippen MR) is 106 cm³/mol. The maximum Gasteiger partial charge on any atom is 0.323 e. The number of anilines is 1. The number of hydrogen-bond acceptors (Lipinski definition) is 4. The molecule has 0 radical (unpaired) electrons. The van der Waals surface area contributed by atoms with Crippen molar-refractivity contribution in [2.45, 2.75) is 30.5 Å². The maximum atomic E-state index is 12.8. The van der Waals surface area contributed by atoms with Gasteiger partial charge in [-0.05, 0) is 36.8 Å². The zero-order valence-corrected chi connectivity index (χ0v) is 16.0. The maximum absolute atomic E-state index is 12.8. The number of rotatable bonds is 8. The smallest absolute Gasteiger partial charge is 0.323 e. The number of carbonyl (C=O) groups excluding carboxylic acids is 2. The van der Waals surface area contributed by atoms with Crippen LogP contribution in [0.2, 0.25) is 0 Å². The standard InChI is InChI=1S/C20H22N2O4S/c1-14(27-18-10-8-17(9-11-18)21-15(2)23)20(26)22(13-19(24)25)12-16-6-4-3-5-7-16/h3-11,14H,12-13H2,1-2H3,(H,21,23)(H,24,25). The third kappa shape index (κ3) is 6.79. The Labute approximate surface area is 162 Å². The molecule has 0 aliphatic heterocycles. The van der Waals surface area contributed by atoms with E-state index in [1.807, 2.05) is 42.5 Å². The Balaban J connectivity index is 2.04. The lowest BCUT2D eigenvalue weighted by molar-refractivity contribution is -0.144. The fourth-order valence-electron chi connectivity index (χ4n) is 2.51. The Kier molecular flexibility index (Phi) is 7.43. The monoisotopic (exact) mass is 386 g/mol. The molecule has 0 aromatic heterocycles. The number of hydrogen-bond donors (Lipinski definition) is 2. The van der Waals surface area contributed by atoms with Gasteiger partial charge in [0.25, 0.3) is 0 Å². The molecule has 6 nitrogen and oxygen atoms in total. The van der Waals surface area contributed by atoms with E-state index in [-0.39, 0.29) is 24.9 Å². The molecular weight excluding hydrogens is 364 g/mol. The molecule has 7 heteroatoms. The minimum absolute atomic E-state index is 0.149. The number of carboxylic acid groups (broad SMARTS) is 1. The molecule has 0 aliphatic carbocycles. The Morgan fingerprint density at radius 2 is 1.70 bits per heavy atom. The normalized spacial score (nSPS) is 11.5. The number of carboxylic acids is 1. The van der Waals surface area contributed by atoms with Gasteiger partial charge in [0.05, 0.1) is 5.25 Å². The summed E-state index contributed by atoms with van der Waals surface area (Å²) >= 11 is 1.35. The van der Waals surface area contributed by atoms with Crippen molar-refractivity contribution in [3.05, 3.63) is 60.2 Å². The first-order valence-electron chi connectivity index (χ1n) is 8.44. The largest absolute Gasteiger partial charge is 0.480 e. The molecule has 0 spiro atoms. The molecule has 0 heterocycles. The second-order valence-electron chi connectivity index (χ2n) is 6.04. The quantitative estimate of drug-likeness (QED) is 0.680. The van der Waals surface area contributed by atoms with Crippen LogP contribution in [0.3, 0.4) is 0 Å². The van der Waals surface area contributed by atoms with Crippen LogP contribution in [0, 0.1) is 0 Å². The predicted octanol–water partition coefficient (Wildman–Crippen LogP) is 3.24. The molecule has 142 valence electrons. The van der Waals surface area contributed by atoms with Gasteiger partial charge in [-0.15, -0.1) is 11.8 Å². The third-order valence-corrected chi connectivity index (χ3v) is 4.79. The average molecular weight is 386 g/mol. The van der Waals surface area contributed by atoms with E-state index in [9.17, 15) is 14.4 Å². The van der Waals surface area contributed by atoms with Gasteiger partial charge in [0, 0.05) is 24.1 Å². The van der Waals surface area contributed by atoms with Gasteiger partial charge in [-0.2, -0.15) is 0 Å². The highest BCUT2D eigenvalue weighted by atomic mass is 32.2. The number of carbonyl (C=O) groups is 3. The van der Waals surface area contributed by atoms with E-state index in [0.29, 0.717) is 5.69 Å². The van der Waals surface area contributed by atoms with Gasteiger partial charge in [-0.25, -0.2) is 0 Å². The van der Waals surface area contributed by atoms with Gasteiger partial charge in [-0.1, -0.05) is 30.3 Å². The summed E-state index contributed by atoms with van der Waals surface area (Å²) < 4.78 is 0. The van der Waals surface area contributed by atoms with Crippen LogP contribution in [0.25, 0.3) is 0 Å². The highest BCUT2D eigenvalue weighted by Gasteiger charge is 2.23. The van der Waals surface area contributed by atoms with E-state index < -0.39 is 11.2 Å². The minimum Gasteiger partial charge on any atom is -0.480 e. The first kappa shape index (κ1) is 20.5. The highest BCUT2D eigenvalue weighted by Crippen LogP contribution is 2.26. The molecule has 0 bridgehead atoms. The number of nitrogens with one attached hydrogen (secondary N) is 1. The lowest BCUT2D eigenvalue weighted by Gasteiger charge is -2.24. The van der Waals surface area contributed by atoms with Crippen LogP contribution in [0.5, 0.6) is 0 Å². The van der Waals surface area contributed by atoms with Crippen LogP contribution < -0.4 is 5.32 Å². The van der Waals surface area contributed by atoms with Crippen molar-refractivity contribution in [2.75, 3.05) is 11.9 Å². The van der Waals surface area contributed by atoms with E-state index in [4.69, 9.17) is 5.11 Å². The molecule has 2 rings (SSSR count). The minimum atomic E-state index is -1.05. The number of benzene rings is 2. The first-order chi connectivity index (χ1) is 12.8. The van der Waals surface area contributed by atoms with Gasteiger partial charge < -0.3 is 15.3 Å². The van der Waals surface area contributed by atoms with Crippen LogP contribution >= 0.6 is 11.8 Å². The number of thioether (sulfide) groups is 1. The number of aliphatic carboxylic acids is 1. The van der Waals surface area contributed by atoms with Crippen molar-refractivity contribution < 1.29 is 19.5 Å². The Bertz CT molecular complexity index is 793. The van der Waals surface area contributed by atoms with Crippen LogP contribution in [0.15, 0.2) is 59.5 Å². The Morgan fingerprint density at radius 1 is 1.07 bits per heavy atom. The number of amides is 2. The third-order valence-electron chi connectivity index (χ3n) is 3.69. The summed E-state index contributed by atoms with van der Waals surface area (Å²) in [5.41, 5.74) is 1.56. The second-order valence-corrected chi connectivity index (χ2v) is 7.45. The fraction of sp³-hybridized carbons (Fsp3) is 0.250. The van der Waals surface area contributed by atoms with Crippen molar-refractivity contribution in [1.82, 2.24) is 4.90 Å². The van der Waals surface area contributed by atoms with Gasteiger partial charge >= 0.3 is 5.97 Å². The molecule has 0 fully saturated rings. The summed E-state index contributed by atoms with van der Waals surface area (Å²) in [5, 5.41) is 11.4. The fourth-order valence-corrected chi connectivity index (χ4v) is 3.46. The molecule has 2 amide bonds. The molecule has 1 atom stereocenters. The van der Waals surface area contributed by atoms with Crippen LogP contribution in [-0.2, 0) is 20.9 Å². The zero-order chi connectivity index (χ0) is 19.8. The van der Waals surface area contributed by atoms with E-state index >= 15 is 0 Å². The summed E-state index contributed by atoms with van der Waals surface area (Å²) in [6.07, 6.45) is 0. The average Bonchev–Trinajstić information content (AvgIpc) is 2.62. The number of nitrogens with zero attached hydrogens (tertiary/aromatic N) is 1. The molecule has 0 saturated heterocycles. The lowest BCUT2D eigenvalue weighted by atomic mass is 10.2. The topological polar surface area (TPSA) is 86.7 Å². The van der Waals surface area contributed by atoms with Crippen molar-refractivity contribution >= 4 is 35.2 Å². The van der Waals surface area contributed by atoms with Crippen molar-refractivity contribution in [3.63, 3.8) is 0 Å². The summed E-state index contributed by atoms with van der Waals surface area (Å²) in [6, 6.07) is 16.5. The van der Waals surface area contributed by atoms with E-state index in [2.05, 4.69) is 5.32 Å². The molecule has 27 heavy (non-hydrogen) atoms. The lowest BCUT2D eigenvalue weighted by Crippen LogP contribution is -2.39. The zero-order valence-electron chi connectivity index (χ0n) is 15.2. The molecule has 1 unspecified atom stereocenters. The summed E-state index contributed by atoms with van der Waals surface area (Å²) in [5.74, 6) is -1.43. The van der Waals surface area contributed by atoms with E-state index in [1.54, 1.807) is 19.1 Å². The van der Waals surface area contributed by atoms with E-state index in [0.717, 1.165) is 10.5 Å². The SMILES string of the molecule is CC(=O)Nc1ccc(SC(C)C(=O)N(CC(=O)O)Cc2ccccc2)cc1. The summed E-state index contributed by atoms with van der Waals surface area (Å²) in [4.78, 5) is 37.2. The summed E-state index contributed by atoms with van der Waals surface area (Å²) in [6.45, 7) is 3.10. The highest BCUT2D eigenvalue weighted by molar-refractivity contribution is 8.00. The summed E-state index contributed by atoms with van der Waals surface area (Å²) in [7, 11) is 0.